The molecule has 0 amide bonds. The van der Waals surface area contributed by atoms with Crippen LogP contribution in [-0.2, 0) is 0 Å². The van der Waals surface area contributed by atoms with Gasteiger partial charge in [0.1, 0.15) is 0 Å². The minimum atomic E-state index is 0.247. The van der Waals surface area contributed by atoms with E-state index < -0.39 is 0 Å². The quantitative estimate of drug-likeness (QED) is 0.609. The molecular weight excluding hydrogens is 126 g/mol. The molecule has 1 aliphatic rings. The first-order valence-electron chi connectivity index (χ1n) is 4.11. The van der Waals surface area contributed by atoms with E-state index >= 15 is 0 Å². The summed E-state index contributed by atoms with van der Waals surface area (Å²) in [4.78, 5) is 0. The third-order valence-corrected chi connectivity index (χ3v) is 2.15. The second-order valence-corrected chi connectivity index (χ2v) is 3.38. The van der Waals surface area contributed by atoms with Gasteiger partial charge in [0, 0.05) is 12.1 Å². The third-order valence-electron chi connectivity index (χ3n) is 2.15. The molecular formula is C8H17NO. The summed E-state index contributed by atoms with van der Waals surface area (Å²) in [5.74, 6) is 0.883. The van der Waals surface area contributed by atoms with Gasteiger partial charge < -0.3 is 10.4 Å². The van der Waals surface area contributed by atoms with Gasteiger partial charge in [0.15, 0.2) is 0 Å². The zero-order valence-electron chi connectivity index (χ0n) is 6.80. The summed E-state index contributed by atoms with van der Waals surface area (Å²) in [6, 6.07) is 0.859. The third kappa shape index (κ3) is 2.27. The van der Waals surface area contributed by atoms with E-state index in [0.717, 1.165) is 5.92 Å². The molecule has 0 aromatic heterocycles. The van der Waals surface area contributed by atoms with E-state index in [4.69, 9.17) is 5.11 Å². The Morgan fingerprint density at radius 2 is 2.10 bits per heavy atom. The van der Waals surface area contributed by atoms with E-state index in [2.05, 4.69) is 12.2 Å². The molecule has 0 aromatic rings. The predicted octanol–water partition coefficient (Wildman–Crippen LogP) is 0.755. The first-order chi connectivity index (χ1) is 4.74. The van der Waals surface area contributed by atoms with Crippen molar-refractivity contribution < 1.29 is 5.11 Å². The molecule has 0 aliphatic heterocycles. The lowest BCUT2D eigenvalue weighted by Crippen LogP contribution is -2.37. The first kappa shape index (κ1) is 8.02. The summed E-state index contributed by atoms with van der Waals surface area (Å²) < 4.78 is 0. The lowest BCUT2D eigenvalue weighted by atomic mass is 10.2. The molecule has 2 atom stereocenters. The maximum Gasteiger partial charge on any atom is 0.0582 e. The van der Waals surface area contributed by atoms with Crippen molar-refractivity contribution in [3.05, 3.63) is 0 Å². The molecule has 0 saturated heterocycles. The van der Waals surface area contributed by atoms with Crippen molar-refractivity contribution in [1.29, 1.82) is 0 Å². The van der Waals surface area contributed by atoms with Crippen LogP contribution in [0.25, 0.3) is 0 Å². The largest absolute Gasteiger partial charge is 0.395 e. The Bertz CT molecular complexity index is 101. The minimum absolute atomic E-state index is 0.247. The SMILES string of the molecule is C[C@@H](CO)N[C@H](C)C1CC1. The molecule has 0 heterocycles. The fourth-order valence-electron chi connectivity index (χ4n) is 1.23. The zero-order chi connectivity index (χ0) is 7.56. The molecule has 0 spiro atoms. The zero-order valence-corrected chi connectivity index (χ0v) is 6.80. The van der Waals surface area contributed by atoms with Gasteiger partial charge in [-0.3, -0.25) is 0 Å². The summed E-state index contributed by atoms with van der Waals surface area (Å²) in [5, 5.41) is 12.1. The lowest BCUT2D eigenvalue weighted by Gasteiger charge is -2.17. The Balaban J connectivity index is 2.10. The van der Waals surface area contributed by atoms with Gasteiger partial charge in [-0.25, -0.2) is 0 Å². The minimum Gasteiger partial charge on any atom is -0.395 e. The van der Waals surface area contributed by atoms with Crippen LogP contribution in [0.1, 0.15) is 26.7 Å². The van der Waals surface area contributed by atoms with Crippen LogP contribution in [0.3, 0.4) is 0 Å². The van der Waals surface area contributed by atoms with E-state index in [0.29, 0.717) is 6.04 Å². The molecule has 1 aliphatic carbocycles. The molecule has 2 nitrogen and oxygen atoms in total. The van der Waals surface area contributed by atoms with Crippen molar-refractivity contribution in [3.8, 4) is 0 Å². The van der Waals surface area contributed by atoms with E-state index in [1.807, 2.05) is 6.92 Å². The number of aliphatic hydroxyl groups excluding tert-OH is 1. The van der Waals surface area contributed by atoms with E-state index in [1.54, 1.807) is 0 Å². The van der Waals surface area contributed by atoms with Crippen LogP contribution in [0.4, 0.5) is 0 Å². The average molecular weight is 143 g/mol. The highest BCUT2D eigenvalue weighted by molar-refractivity contribution is 4.84. The highest BCUT2D eigenvalue weighted by atomic mass is 16.3. The van der Waals surface area contributed by atoms with E-state index in [9.17, 15) is 0 Å². The van der Waals surface area contributed by atoms with Gasteiger partial charge in [0.05, 0.1) is 6.61 Å². The lowest BCUT2D eigenvalue weighted by molar-refractivity contribution is 0.239. The summed E-state index contributed by atoms with van der Waals surface area (Å²) in [7, 11) is 0. The summed E-state index contributed by atoms with van der Waals surface area (Å²) in [6.45, 7) is 4.46. The second-order valence-electron chi connectivity index (χ2n) is 3.38. The molecule has 0 radical (unpaired) electrons. The summed E-state index contributed by atoms with van der Waals surface area (Å²) in [6.07, 6.45) is 2.73. The van der Waals surface area contributed by atoms with Crippen LogP contribution in [0.2, 0.25) is 0 Å². The molecule has 0 unspecified atom stereocenters. The molecule has 60 valence electrons. The number of hydrogen-bond donors (Lipinski definition) is 2. The van der Waals surface area contributed by atoms with Crippen LogP contribution in [0.5, 0.6) is 0 Å². The van der Waals surface area contributed by atoms with E-state index in [-0.39, 0.29) is 12.6 Å². The van der Waals surface area contributed by atoms with Crippen molar-refractivity contribution in [1.82, 2.24) is 5.32 Å². The van der Waals surface area contributed by atoms with Gasteiger partial charge in [-0.1, -0.05) is 0 Å². The van der Waals surface area contributed by atoms with Crippen LogP contribution in [0, 0.1) is 5.92 Å². The molecule has 0 aromatic carbocycles. The molecule has 1 rings (SSSR count). The predicted molar refractivity (Wildman–Crippen MR) is 41.9 cm³/mol. The first-order valence-corrected chi connectivity index (χ1v) is 4.11. The Morgan fingerprint density at radius 3 is 2.50 bits per heavy atom. The van der Waals surface area contributed by atoms with Crippen LogP contribution in [-0.4, -0.2) is 23.8 Å². The Labute approximate surface area is 62.6 Å². The highest BCUT2D eigenvalue weighted by Gasteiger charge is 2.28. The Kier molecular flexibility index (Phi) is 2.69. The van der Waals surface area contributed by atoms with Gasteiger partial charge in [-0.2, -0.15) is 0 Å². The fraction of sp³-hybridized carbons (Fsp3) is 1.00. The standard InChI is InChI=1S/C8H17NO/c1-6(5-10)9-7(2)8-3-4-8/h6-10H,3-5H2,1-2H3/t6-,7+/m0/s1. The van der Waals surface area contributed by atoms with Crippen molar-refractivity contribution in [3.63, 3.8) is 0 Å². The van der Waals surface area contributed by atoms with Gasteiger partial charge in [-0.15, -0.1) is 0 Å². The fourth-order valence-corrected chi connectivity index (χ4v) is 1.23. The maximum atomic E-state index is 8.72. The van der Waals surface area contributed by atoms with E-state index in [1.165, 1.54) is 12.8 Å². The molecule has 1 fully saturated rings. The molecule has 2 heteroatoms. The topological polar surface area (TPSA) is 32.3 Å². The Morgan fingerprint density at radius 1 is 1.50 bits per heavy atom. The van der Waals surface area contributed by atoms with Crippen molar-refractivity contribution in [2.75, 3.05) is 6.61 Å². The number of hydrogen-bond acceptors (Lipinski definition) is 2. The highest BCUT2D eigenvalue weighted by Crippen LogP contribution is 2.32. The van der Waals surface area contributed by atoms with Crippen molar-refractivity contribution in [2.45, 2.75) is 38.8 Å². The molecule has 2 N–H and O–H groups in total. The van der Waals surface area contributed by atoms with Crippen LogP contribution >= 0.6 is 0 Å². The van der Waals surface area contributed by atoms with Crippen molar-refractivity contribution >= 4 is 0 Å². The van der Waals surface area contributed by atoms with Crippen LogP contribution < -0.4 is 5.32 Å². The Hall–Kier alpha value is -0.0800. The second kappa shape index (κ2) is 3.35. The molecule has 1 saturated carbocycles. The van der Waals surface area contributed by atoms with Gasteiger partial charge in [0.25, 0.3) is 0 Å². The van der Waals surface area contributed by atoms with Gasteiger partial charge in [0.2, 0.25) is 0 Å². The molecule has 10 heavy (non-hydrogen) atoms. The van der Waals surface area contributed by atoms with Crippen LogP contribution in [0.15, 0.2) is 0 Å². The monoisotopic (exact) mass is 143 g/mol. The summed E-state index contributed by atoms with van der Waals surface area (Å²) in [5.41, 5.74) is 0. The van der Waals surface area contributed by atoms with Crippen molar-refractivity contribution in [2.24, 2.45) is 5.92 Å². The number of aliphatic hydroxyl groups is 1. The average Bonchev–Trinajstić information content (AvgIpc) is 2.68. The summed E-state index contributed by atoms with van der Waals surface area (Å²) >= 11 is 0. The normalized spacial score (nSPS) is 24.3. The van der Waals surface area contributed by atoms with Gasteiger partial charge in [-0.05, 0) is 32.6 Å². The number of nitrogens with one attached hydrogen (secondary N) is 1. The van der Waals surface area contributed by atoms with Gasteiger partial charge >= 0.3 is 0 Å². The molecule has 0 bridgehead atoms. The maximum absolute atomic E-state index is 8.72. The number of rotatable bonds is 4. The smallest absolute Gasteiger partial charge is 0.0582 e.